The minimum atomic E-state index is -1.50. The van der Waals surface area contributed by atoms with E-state index in [4.69, 9.17) is 4.74 Å². The van der Waals surface area contributed by atoms with E-state index >= 15 is 0 Å². The van der Waals surface area contributed by atoms with Crippen LogP contribution in [0.15, 0.2) is 18.2 Å². The van der Waals surface area contributed by atoms with Gasteiger partial charge in [0.25, 0.3) is 0 Å². The van der Waals surface area contributed by atoms with E-state index in [1.807, 2.05) is 12.1 Å². The largest absolute Gasteiger partial charge is 0.496 e. The summed E-state index contributed by atoms with van der Waals surface area (Å²) in [5.74, 6) is 0.515. The molecule has 0 amide bonds. The smallest absolute Gasteiger partial charge is 0.182 e. The molecule has 0 unspecified atom stereocenters. The van der Waals surface area contributed by atoms with Crippen molar-refractivity contribution in [2.24, 2.45) is 0 Å². The number of hydrogen-bond donors (Lipinski definition) is 2. The molecule has 1 heterocycles. The number of rotatable bonds is 3. The van der Waals surface area contributed by atoms with Gasteiger partial charge in [0.15, 0.2) is 6.29 Å². The zero-order chi connectivity index (χ0) is 13.1. The Morgan fingerprint density at radius 2 is 1.83 bits per heavy atom. The van der Waals surface area contributed by atoms with Crippen LogP contribution in [0.3, 0.4) is 0 Å². The lowest BCUT2D eigenvalue weighted by atomic mass is 10.1. The van der Waals surface area contributed by atoms with Crippen LogP contribution in [0.1, 0.15) is 11.9 Å². The summed E-state index contributed by atoms with van der Waals surface area (Å²) in [5.41, 5.74) is 1.46. The minimum Gasteiger partial charge on any atom is -0.496 e. The fraction of sp³-hybridized carbons (Fsp3) is 0.538. The van der Waals surface area contributed by atoms with Gasteiger partial charge in [-0.15, -0.1) is 0 Å². The SMILES string of the molecule is COc1cc(N2CCN(C)CC2)ccc1C(O)O. The molecule has 0 aromatic heterocycles. The third-order valence-electron chi connectivity index (χ3n) is 3.36. The summed E-state index contributed by atoms with van der Waals surface area (Å²) in [6.07, 6.45) is -1.50. The van der Waals surface area contributed by atoms with Gasteiger partial charge >= 0.3 is 0 Å². The first kappa shape index (κ1) is 13.1. The van der Waals surface area contributed by atoms with Gasteiger partial charge in [0.1, 0.15) is 5.75 Å². The number of hydrogen-bond acceptors (Lipinski definition) is 5. The molecule has 5 heteroatoms. The van der Waals surface area contributed by atoms with E-state index in [-0.39, 0.29) is 0 Å². The van der Waals surface area contributed by atoms with Crippen LogP contribution in [-0.4, -0.2) is 55.4 Å². The van der Waals surface area contributed by atoms with Gasteiger partial charge in [-0.2, -0.15) is 0 Å². The fourth-order valence-electron chi connectivity index (χ4n) is 2.17. The van der Waals surface area contributed by atoms with Crippen LogP contribution in [0.25, 0.3) is 0 Å². The summed E-state index contributed by atoms with van der Waals surface area (Å²) in [4.78, 5) is 4.57. The van der Waals surface area contributed by atoms with Gasteiger partial charge in [-0.1, -0.05) is 0 Å². The van der Waals surface area contributed by atoms with Crippen molar-refractivity contribution in [1.82, 2.24) is 4.90 Å². The summed E-state index contributed by atoms with van der Waals surface area (Å²) < 4.78 is 5.20. The Bertz CT molecular complexity index is 401. The van der Waals surface area contributed by atoms with Crippen molar-refractivity contribution in [3.05, 3.63) is 23.8 Å². The molecule has 0 atom stereocenters. The highest BCUT2D eigenvalue weighted by molar-refractivity contribution is 5.54. The van der Waals surface area contributed by atoms with Crippen molar-refractivity contribution in [2.75, 3.05) is 45.2 Å². The lowest BCUT2D eigenvalue weighted by Crippen LogP contribution is -2.44. The molecule has 2 rings (SSSR count). The van der Waals surface area contributed by atoms with Crippen molar-refractivity contribution in [2.45, 2.75) is 6.29 Å². The van der Waals surface area contributed by atoms with E-state index in [9.17, 15) is 10.2 Å². The van der Waals surface area contributed by atoms with Crippen LogP contribution in [-0.2, 0) is 0 Å². The van der Waals surface area contributed by atoms with Crippen molar-refractivity contribution >= 4 is 5.69 Å². The molecule has 1 aromatic rings. The van der Waals surface area contributed by atoms with Crippen LogP contribution < -0.4 is 9.64 Å². The number of likely N-dealkylation sites (N-methyl/N-ethyl adjacent to an activating group) is 1. The molecule has 1 fully saturated rings. The van der Waals surface area contributed by atoms with E-state index in [1.54, 1.807) is 6.07 Å². The normalized spacial score (nSPS) is 17.3. The van der Waals surface area contributed by atoms with E-state index < -0.39 is 6.29 Å². The van der Waals surface area contributed by atoms with Gasteiger partial charge in [0.2, 0.25) is 0 Å². The fourth-order valence-corrected chi connectivity index (χ4v) is 2.17. The number of methoxy groups -OCH3 is 1. The Kier molecular flexibility index (Phi) is 4.06. The maximum absolute atomic E-state index is 9.23. The molecule has 0 bridgehead atoms. The molecule has 1 saturated heterocycles. The second kappa shape index (κ2) is 5.56. The number of aliphatic hydroxyl groups excluding tert-OH is 1. The van der Waals surface area contributed by atoms with E-state index in [1.165, 1.54) is 7.11 Å². The van der Waals surface area contributed by atoms with Crippen LogP contribution >= 0.6 is 0 Å². The minimum absolute atomic E-state index is 0.398. The summed E-state index contributed by atoms with van der Waals surface area (Å²) in [6.45, 7) is 4.01. The van der Waals surface area contributed by atoms with Crippen molar-refractivity contribution < 1.29 is 14.9 Å². The van der Waals surface area contributed by atoms with Crippen molar-refractivity contribution in [1.29, 1.82) is 0 Å². The lowest BCUT2D eigenvalue weighted by molar-refractivity contribution is -0.0438. The number of benzene rings is 1. The number of nitrogens with zero attached hydrogens (tertiary/aromatic N) is 2. The number of aliphatic hydroxyl groups is 2. The van der Waals surface area contributed by atoms with Gasteiger partial charge < -0.3 is 24.7 Å². The molecule has 18 heavy (non-hydrogen) atoms. The Hall–Kier alpha value is -1.30. The summed E-state index contributed by atoms with van der Waals surface area (Å²) in [7, 11) is 3.65. The van der Waals surface area contributed by atoms with Gasteiger partial charge in [0, 0.05) is 43.5 Å². The average molecular weight is 252 g/mol. The predicted molar refractivity (Wildman–Crippen MR) is 69.9 cm³/mol. The standard InChI is InChI=1S/C13H20N2O3/c1-14-5-7-15(8-6-14)10-3-4-11(13(16)17)12(9-10)18-2/h3-4,9,13,16-17H,5-8H2,1-2H3. The van der Waals surface area contributed by atoms with Gasteiger partial charge in [0.05, 0.1) is 7.11 Å². The lowest BCUT2D eigenvalue weighted by Gasteiger charge is -2.34. The highest BCUT2D eigenvalue weighted by Crippen LogP contribution is 2.29. The molecular formula is C13H20N2O3. The quantitative estimate of drug-likeness (QED) is 0.764. The molecule has 5 nitrogen and oxygen atoms in total. The summed E-state index contributed by atoms with van der Waals surface area (Å²) >= 11 is 0. The van der Waals surface area contributed by atoms with Crippen LogP contribution in [0.5, 0.6) is 5.75 Å². The molecule has 1 aromatic carbocycles. The third kappa shape index (κ3) is 2.75. The summed E-state index contributed by atoms with van der Waals surface area (Å²) in [5, 5.41) is 18.5. The Morgan fingerprint density at radius 1 is 1.17 bits per heavy atom. The predicted octanol–water partition coefficient (Wildman–Crippen LogP) is 0.430. The molecule has 1 aliphatic rings. The molecule has 100 valence electrons. The third-order valence-corrected chi connectivity index (χ3v) is 3.36. The zero-order valence-corrected chi connectivity index (χ0v) is 10.8. The first-order valence-corrected chi connectivity index (χ1v) is 6.09. The van der Waals surface area contributed by atoms with E-state index in [0.29, 0.717) is 11.3 Å². The maximum atomic E-state index is 9.23. The maximum Gasteiger partial charge on any atom is 0.182 e. The zero-order valence-electron chi connectivity index (χ0n) is 10.8. The van der Waals surface area contributed by atoms with Crippen molar-refractivity contribution in [3.8, 4) is 5.75 Å². The highest BCUT2D eigenvalue weighted by atomic mass is 16.5. The van der Waals surface area contributed by atoms with Gasteiger partial charge in [-0.05, 0) is 19.2 Å². The molecule has 1 aliphatic heterocycles. The summed E-state index contributed by atoms with van der Waals surface area (Å²) in [6, 6.07) is 5.47. The molecule has 0 saturated carbocycles. The molecule has 0 aliphatic carbocycles. The second-order valence-electron chi connectivity index (χ2n) is 4.59. The monoisotopic (exact) mass is 252 g/mol. The first-order valence-electron chi connectivity index (χ1n) is 6.09. The number of anilines is 1. The topological polar surface area (TPSA) is 56.2 Å². The molecular weight excluding hydrogens is 232 g/mol. The van der Waals surface area contributed by atoms with E-state index in [0.717, 1.165) is 31.9 Å². The highest BCUT2D eigenvalue weighted by Gasteiger charge is 2.17. The van der Waals surface area contributed by atoms with Crippen LogP contribution in [0, 0.1) is 0 Å². The molecule has 0 radical (unpaired) electrons. The van der Waals surface area contributed by atoms with Gasteiger partial charge in [-0.25, -0.2) is 0 Å². The van der Waals surface area contributed by atoms with Gasteiger partial charge in [-0.3, -0.25) is 0 Å². The molecule has 0 spiro atoms. The Morgan fingerprint density at radius 3 is 2.39 bits per heavy atom. The van der Waals surface area contributed by atoms with Crippen LogP contribution in [0.2, 0.25) is 0 Å². The Balaban J connectivity index is 2.19. The number of piperazine rings is 1. The van der Waals surface area contributed by atoms with Crippen LogP contribution in [0.4, 0.5) is 5.69 Å². The van der Waals surface area contributed by atoms with E-state index in [2.05, 4.69) is 16.8 Å². The second-order valence-corrected chi connectivity index (χ2v) is 4.59. The number of ether oxygens (including phenoxy) is 1. The first-order chi connectivity index (χ1) is 8.61. The van der Waals surface area contributed by atoms with Crippen molar-refractivity contribution in [3.63, 3.8) is 0 Å². The molecule has 2 N–H and O–H groups in total. The Labute approximate surface area is 107 Å². The average Bonchev–Trinajstić information content (AvgIpc) is 2.38.